The number of hydrogen-bond acceptors (Lipinski definition) is 5. The van der Waals surface area contributed by atoms with Crippen LogP contribution in [0.2, 0.25) is 5.02 Å². The highest BCUT2D eigenvalue weighted by molar-refractivity contribution is 7.89. The van der Waals surface area contributed by atoms with Crippen LogP contribution in [0.3, 0.4) is 0 Å². The normalized spacial score (nSPS) is 11.5. The van der Waals surface area contributed by atoms with Gasteiger partial charge in [-0.1, -0.05) is 35.9 Å². The van der Waals surface area contributed by atoms with E-state index < -0.39 is 10.0 Å². The molecular formula is C22H16ClFN2O3S2. The quantitative estimate of drug-likeness (QED) is 0.400. The van der Waals surface area contributed by atoms with Gasteiger partial charge in [0.2, 0.25) is 10.0 Å². The zero-order valence-electron chi connectivity index (χ0n) is 16.0. The Bertz CT molecular complexity index is 1320. The first-order valence-electron chi connectivity index (χ1n) is 9.07. The van der Waals surface area contributed by atoms with Crippen molar-refractivity contribution in [3.8, 4) is 27.4 Å². The summed E-state index contributed by atoms with van der Waals surface area (Å²) >= 11 is 7.54. The van der Waals surface area contributed by atoms with Crippen molar-refractivity contribution in [1.82, 2.24) is 4.98 Å². The smallest absolute Gasteiger partial charge is 0.238 e. The molecule has 0 radical (unpaired) electrons. The van der Waals surface area contributed by atoms with E-state index in [0.717, 1.165) is 16.0 Å². The van der Waals surface area contributed by atoms with Crippen LogP contribution in [0.25, 0.3) is 21.7 Å². The first-order chi connectivity index (χ1) is 14.8. The average molecular weight is 475 g/mol. The maximum absolute atomic E-state index is 13.4. The highest BCUT2D eigenvalue weighted by Crippen LogP contribution is 2.38. The Kier molecular flexibility index (Phi) is 6.06. The van der Waals surface area contributed by atoms with E-state index >= 15 is 0 Å². The third-order valence-corrected chi connectivity index (χ3v) is 6.74. The standard InChI is InChI=1S/C22H16ClFN2O3S2/c23-18-3-1-2-4-19(18)29-13-20-26-21(14-5-9-16(24)10-6-14)22(30-20)15-7-11-17(12-8-15)31(25,27)28/h1-12H,13H2,(H2,25,27,28). The highest BCUT2D eigenvalue weighted by Gasteiger charge is 2.17. The molecule has 0 spiro atoms. The number of ether oxygens (including phenoxy) is 1. The van der Waals surface area contributed by atoms with Gasteiger partial charge in [-0.25, -0.2) is 22.9 Å². The van der Waals surface area contributed by atoms with Crippen LogP contribution in [-0.4, -0.2) is 13.4 Å². The van der Waals surface area contributed by atoms with Gasteiger partial charge in [-0.15, -0.1) is 11.3 Å². The SMILES string of the molecule is NS(=O)(=O)c1ccc(-c2sc(COc3ccccc3Cl)nc2-c2ccc(F)cc2)cc1. The molecule has 0 amide bonds. The lowest BCUT2D eigenvalue weighted by molar-refractivity contribution is 0.306. The van der Waals surface area contributed by atoms with Crippen LogP contribution in [0.4, 0.5) is 4.39 Å². The molecule has 1 aromatic heterocycles. The van der Waals surface area contributed by atoms with E-state index in [-0.39, 0.29) is 17.3 Å². The van der Waals surface area contributed by atoms with Crippen molar-refractivity contribution in [2.45, 2.75) is 11.5 Å². The lowest BCUT2D eigenvalue weighted by Gasteiger charge is -2.05. The number of nitrogens with two attached hydrogens (primary N) is 1. The zero-order chi connectivity index (χ0) is 22.0. The number of aromatic nitrogens is 1. The minimum absolute atomic E-state index is 0.0198. The van der Waals surface area contributed by atoms with Crippen molar-refractivity contribution in [3.05, 3.63) is 88.6 Å². The third kappa shape index (κ3) is 4.94. The van der Waals surface area contributed by atoms with Crippen molar-refractivity contribution in [3.63, 3.8) is 0 Å². The molecule has 4 rings (SSSR count). The molecule has 158 valence electrons. The molecule has 4 aromatic rings. The molecule has 0 fully saturated rings. The molecular weight excluding hydrogens is 459 g/mol. The number of halogens is 2. The number of hydrogen-bond donors (Lipinski definition) is 1. The van der Waals surface area contributed by atoms with Gasteiger partial charge in [0.05, 0.1) is 20.5 Å². The van der Waals surface area contributed by atoms with Crippen LogP contribution < -0.4 is 9.88 Å². The van der Waals surface area contributed by atoms with E-state index in [9.17, 15) is 12.8 Å². The van der Waals surface area contributed by atoms with Gasteiger partial charge >= 0.3 is 0 Å². The molecule has 0 unspecified atom stereocenters. The molecule has 0 saturated heterocycles. The van der Waals surface area contributed by atoms with Gasteiger partial charge in [0.1, 0.15) is 23.2 Å². The minimum atomic E-state index is -3.79. The number of primary sulfonamides is 1. The monoisotopic (exact) mass is 474 g/mol. The van der Waals surface area contributed by atoms with Gasteiger partial charge < -0.3 is 4.74 Å². The summed E-state index contributed by atoms with van der Waals surface area (Å²) in [6.45, 7) is 0.192. The summed E-state index contributed by atoms with van der Waals surface area (Å²) in [4.78, 5) is 5.50. The fourth-order valence-electron chi connectivity index (χ4n) is 2.92. The number of benzene rings is 3. The second-order valence-corrected chi connectivity index (χ2v) is 9.63. The fourth-order valence-corrected chi connectivity index (χ4v) is 4.63. The molecule has 2 N–H and O–H groups in total. The highest BCUT2D eigenvalue weighted by atomic mass is 35.5. The summed E-state index contributed by atoms with van der Waals surface area (Å²) in [5.74, 6) is 0.196. The Hall–Kier alpha value is -2.78. The van der Waals surface area contributed by atoms with Crippen molar-refractivity contribution in [1.29, 1.82) is 0 Å². The maximum atomic E-state index is 13.4. The molecule has 31 heavy (non-hydrogen) atoms. The number of para-hydroxylation sites is 1. The van der Waals surface area contributed by atoms with Gasteiger partial charge in [0.15, 0.2) is 0 Å². The summed E-state index contributed by atoms with van der Waals surface area (Å²) in [6.07, 6.45) is 0. The molecule has 3 aromatic carbocycles. The van der Waals surface area contributed by atoms with E-state index in [1.54, 1.807) is 36.4 Å². The minimum Gasteiger partial charge on any atom is -0.485 e. The Morgan fingerprint density at radius 1 is 0.968 bits per heavy atom. The van der Waals surface area contributed by atoms with Crippen molar-refractivity contribution in [2.24, 2.45) is 5.14 Å². The predicted molar refractivity (Wildman–Crippen MR) is 120 cm³/mol. The Morgan fingerprint density at radius 3 is 2.26 bits per heavy atom. The average Bonchev–Trinajstić information content (AvgIpc) is 3.17. The summed E-state index contributed by atoms with van der Waals surface area (Å²) in [7, 11) is -3.79. The molecule has 5 nitrogen and oxygen atoms in total. The Balaban J connectivity index is 1.72. The van der Waals surface area contributed by atoms with E-state index in [1.165, 1.54) is 35.6 Å². The molecule has 1 heterocycles. The largest absolute Gasteiger partial charge is 0.485 e. The van der Waals surface area contributed by atoms with Gasteiger partial charge in [0, 0.05) is 5.56 Å². The van der Waals surface area contributed by atoms with E-state index in [4.69, 9.17) is 21.5 Å². The number of sulfonamides is 1. The van der Waals surface area contributed by atoms with Gasteiger partial charge in [-0.2, -0.15) is 0 Å². The van der Waals surface area contributed by atoms with Crippen molar-refractivity contribution >= 4 is 33.0 Å². The molecule has 0 saturated carbocycles. The van der Waals surface area contributed by atoms with Crippen LogP contribution in [0.5, 0.6) is 5.75 Å². The van der Waals surface area contributed by atoms with Crippen LogP contribution in [0.1, 0.15) is 5.01 Å². The fraction of sp³-hybridized carbons (Fsp3) is 0.0455. The predicted octanol–water partition coefficient (Wildman–Crippen LogP) is 5.50. The van der Waals surface area contributed by atoms with E-state index in [1.807, 2.05) is 12.1 Å². The molecule has 9 heteroatoms. The summed E-state index contributed by atoms with van der Waals surface area (Å²) in [5.41, 5.74) is 2.13. The van der Waals surface area contributed by atoms with Gasteiger partial charge in [-0.3, -0.25) is 0 Å². The van der Waals surface area contributed by atoms with Crippen LogP contribution in [0, 0.1) is 5.82 Å². The third-order valence-electron chi connectivity index (χ3n) is 4.42. The van der Waals surface area contributed by atoms with Crippen LogP contribution in [0.15, 0.2) is 77.7 Å². The first kappa shape index (κ1) is 21.5. The van der Waals surface area contributed by atoms with Gasteiger partial charge in [-0.05, 0) is 54.1 Å². The number of nitrogens with zero attached hydrogens (tertiary/aromatic N) is 1. The van der Waals surface area contributed by atoms with Crippen LogP contribution >= 0.6 is 22.9 Å². The maximum Gasteiger partial charge on any atom is 0.238 e. The zero-order valence-corrected chi connectivity index (χ0v) is 18.3. The summed E-state index contributed by atoms with van der Waals surface area (Å²) in [5, 5.41) is 6.37. The topological polar surface area (TPSA) is 82.3 Å². The summed E-state index contributed by atoms with van der Waals surface area (Å²) in [6, 6.07) is 19.4. The number of rotatable bonds is 6. The molecule has 0 aliphatic carbocycles. The first-order valence-corrected chi connectivity index (χ1v) is 11.8. The van der Waals surface area contributed by atoms with E-state index in [0.29, 0.717) is 21.5 Å². The van der Waals surface area contributed by atoms with Crippen LogP contribution in [-0.2, 0) is 16.6 Å². The lowest BCUT2D eigenvalue weighted by Crippen LogP contribution is -2.11. The molecule has 0 atom stereocenters. The molecule has 0 aliphatic rings. The van der Waals surface area contributed by atoms with E-state index in [2.05, 4.69) is 4.98 Å². The Morgan fingerprint density at radius 2 is 1.61 bits per heavy atom. The molecule has 0 aliphatic heterocycles. The second kappa shape index (κ2) is 8.76. The molecule has 0 bridgehead atoms. The van der Waals surface area contributed by atoms with Crippen molar-refractivity contribution < 1.29 is 17.5 Å². The Labute approximate surface area is 188 Å². The lowest BCUT2D eigenvalue weighted by atomic mass is 10.1. The summed E-state index contributed by atoms with van der Waals surface area (Å²) < 4.78 is 42.3. The van der Waals surface area contributed by atoms with Gasteiger partial charge in [0.25, 0.3) is 0 Å². The van der Waals surface area contributed by atoms with Crippen molar-refractivity contribution in [2.75, 3.05) is 0 Å². The second-order valence-electron chi connectivity index (χ2n) is 6.58. The number of thiazole rings is 1.